The zero-order valence-corrected chi connectivity index (χ0v) is 22.3. The molecule has 1 saturated heterocycles. The summed E-state index contributed by atoms with van der Waals surface area (Å²) in [5.74, 6) is 1.01. The molecule has 2 amide bonds. The fourth-order valence-electron chi connectivity index (χ4n) is 4.36. The van der Waals surface area contributed by atoms with E-state index in [1.54, 1.807) is 31.4 Å². The van der Waals surface area contributed by atoms with Crippen molar-refractivity contribution in [3.8, 4) is 5.75 Å². The number of amides is 2. The molecule has 2 aromatic carbocycles. The van der Waals surface area contributed by atoms with E-state index in [0.717, 1.165) is 63.3 Å². The zero-order chi connectivity index (χ0) is 25.8. The third kappa shape index (κ3) is 8.38. The van der Waals surface area contributed by atoms with Gasteiger partial charge in [0.15, 0.2) is 0 Å². The first-order valence-electron chi connectivity index (χ1n) is 12.9. The minimum Gasteiger partial charge on any atom is -0.496 e. The van der Waals surface area contributed by atoms with Crippen molar-refractivity contribution >= 4 is 29.5 Å². The molecule has 2 aromatic rings. The molecule has 7 heteroatoms. The smallest absolute Gasteiger partial charge is 0.254 e. The van der Waals surface area contributed by atoms with E-state index >= 15 is 0 Å². The van der Waals surface area contributed by atoms with E-state index in [-0.39, 0.29) is 11.8 Å². The van der Waals surface area contributed by atoms with E-state index in [2.05, 4.69) is 11.8 Å². The van der Waals surface area contributed by atoms with Crippen LogP contribution < -0.4 is 4.74 Å². The number of ether oxygens (including phenoxy) is 1. The Bertz CT molecular complexity index is 1020. The molecular formula is C29H38ClN3O3. The van der Waals surface area contributed by atoms with Gasteiger partial charge in [0.2, 0.25) is 5.91 Å². The Hall–Kier alpha value is -2.83. The van der Waals surface area contributed by atoms with Crippen LogP contribution in [0.1, 0.15) is 48.5 Å². The molecule has 0 spiro atoms. The Labute approximate surface area is 220 Å². The summed E-state index contributed by atoms with van der Waals surface area (Å²) in [7, 11) is 1.65. The van der Waals surface area contributed by atoms with Gasteiger partial charge in [-0.25, -0.2) is 0 Å². The molecule has 6 nitrogen and oxygen atoms in total. The SMILES string of the molecule is CCCCCC(=O)N1CCN(CCN(C/C=C/c2ccccc2OC)C(=O)c2cccc(Cl)c2)CC1. The van der Waals surface area contributed by atoms with Gasteiger partial charge in [0.25, 0.3) is 5.91 Å². The van der Waals surface area contributed by atoms with Gasteiger partial charge in [-0.3, -0.25) is 14.5 Å². The van der Waals surface area contributed by atoms with E-state index in [9.17, 15) is 9.59 Å². The summed E-state index contributed by atoms with van der Waals surface area (Å²) in [6.45, 7) is 7.13. The molecule has 3 rings (SSSR count). The van der Waals surface area contributed by atoms with Crippen LogP contribution in [-0.4, -0.2) is 79.4 Å². The predicted octanol–water partition coefficient (Wildman–Crippen LogP) is 5.23. The lowest BCUT2D eigenvalue weighted by Gasteiger charge is -2.36. The molecule has 0 aliphatic carbocycles. The number of methoxy groups -OCH3 is 1. The van der Waals surface area contributed by atoms with E-state index in [0.29, 0.717) is 30.1 Å². The fourth-order valence-corrected chi connectivity index (χ4v) is 4.55. The highest BCUT2D eigenvalue weighted by molar-refractivity contribution is 6.30. The number of hydrogen-bond acceptors (Lipinski definition) is 4. The highest BCUT2D eigenvalue weighted by atomic mass is 35.5. The summed E-state index contributed by atoms with van der Waals surface area (Å²) in [6, 6.07) is 14.9. The van der Waals surface area contributed by atoms with Crippen LogP contribution in [0.15, 0.2) is 54.6 Å². The maximum absolute atomic E-state index is 13.3. The van der Waals surface area contributed by atoms with E-state index in [4.69, 9.17) is 16.3 Å². The number of rotatable bonds is 12. The number of piperazine rings is 1. The van der Waals surface area contributed by atoms with Crippen LogP contribution in [0.4, 0.5) is 0 Å². The van der Waals surface area contributed by atoms with Crippen molar-refractivity contribution in [3.05, 3.63) is 70.8 Å². The van der Waals surface area contributed by atoms with Crippen molar-refractivity contribution in [1.29, 1.82) is 0 Å². The number of carbonyl (C=O) groups excluding carboxylic acids is 2. The number of benzene rings is 2. The molecule has 0 unspecified atom stereocenters. The highest BCUT2D eigenvalue weighted by Crippen LogP contribution is 2.19. The quantitative estimate of drug-likeness (QED) is 0.366. The Morgan fingerprint density at radius 1 is 1.06 bits per heavy atom. The van der Waals surface area contributed by atoms with Crippen LogP contribution in [0.5, 0.6) is 5.75 Å². The van der Waals surface area contributed by atoms with Crippen molar-refractivity contribution in [2.24, 2.45) is 0 Å². The van der Waals surface area contributed by atoms with E-state index in [1.807, 2.05) is 46.2 Å². The topological polar surface area (TPSA) is 53.1 Å². The first-order chi connectivity index (χ1) is 17.5. The van der Waals surface area contributed by atoms with Crippen LogP contribution >= 0.6 is 11.6 Å². The first kappa shape index (κ1) is 27.8. The van der Waals surface area contributed by atoms with Crippen LogP contribution in [0.2, 0.25) is 5.02 Å². The van der Waals surface area contributed by atoms with Crippen molar-refractivity contribution in [1.82, 2.24) is 14.7 Å². The molecule has 1 aliphatic rings. The summed E-state index contributed by atoms with van der Waals surface area (Å²) in [5, 5.41) is 0.546. The predicted molar refractivity (Wildman–Crippen MR) is 147 cm³/mol. The third-order valence-electron chi connectivity index (χ3n) is 6.53. The fraction of sp³-hybridized carbons (Fsp3) is 0.448. The standard InChI is InChI=1S/C29H38ClN3O3/c1-3-4-5-15-28(34)32-20-17-31(18-21-32)19-22-33(29(35)25-11-8-13-26(30)23-25)16-9-12-24-10-6-7-14-27(24)36-2/h6-14,23H,3-5,15-22H2,1-2H3/b12-9+. The Morgan fingerprint density at radius 2 is 1.83 bits per heavy atom. The molecule has 0 bridgehead atoms. The van der Waals surface area contributed by atoms with E-state index < -0.39 is 0 Å². The van der Waals surface area contributed by atoms with Crippen molar-refractivity contribution in [2.45, 2.75) is 32.6 Å². The molecule has 194 valence electrons. The van der Waals surface area contributed by atoms with Gasteiger partial charge in [-0.2, -0.15) is 0 Å². The van der Waals surface area contributed by atoms with Gasteiger partial charge in [-0.1, -0.05) is 67.8 Å². The lowest BCUT2D eigenvalue weighted by Crippen LogP contribution is -2.50. The number of para-hydroxylation sites is 1. The minimum absolute atomic E-state index is 0.0492. The lowest BCUT2D eigenvalue weighted by atomic mass is 10.1. The van der Waals surface area contributed by atoms with Gasteiger partial charge < -0.3 is 14.5 Å². The number of hydrogen-bond donors (Lipinski definition) is 0. The second-order valence-corrected chi connectivity index (χ2v) is 9.52. The molecule has 0 saturated carbocycles. The van der Waals surface area contributed by atoms with Crippen LogP contribution in [-0.2, 0) is 4.79 Å². The van der Waals surface area contributed by atoms with Gasteiger partial charge in [0.1, 0.15) is 5.75 Å². The number of nitrogens with zero attached hydrogens (tertiary/aromatic N) is 3. The van der Waals surface area contributed by atoms with Crippen molar-refractivity contribution in [2.75, 3.05) is 52.9 Å². The third-order valence-corrected chi connectivity index (χ3v) is 6.76. The summed E-state index contributed by atoms with van der Waals surface area (Å²) in [4.78, 5) is 31.9. The zero-order valence-electron chi connectivity index (χ0n) is 21.5. The van der Waals surface area contributed by atoms with Crippen LogP contribution in [0, 0.1) is 0 Å². The van der Waals surface area contributed by atoms with Crippen molar-refractivity contribution in [3.63, 3.8) is 0 Å². The average molecular weight is 512 g/mol. The van der Waals surface area contributed by atoms with Crippen LogP contribution in [0.25, 0.3) is 6.08 Å². The number of unbranched alkanes of at least 4 members (excludes halogenated alkanes) is 2. The molecule has 1 heterocycles. The van der Waals surface area contributed by atoms with E-state index in [1.165, 1.54) is 0 Å². The Morgan fingerprint density at radius 3 is 2.56 bits per heavy atom. The number of carbonyl (C=O) groups is 2. The number of halogens is 1. The van der Waals surface area contributed by atoms with Gasteiger partial charge in [-0.05, 0) is 30.7 Å². The maximum Gasteiger partial charge on any atom is 0.254 e. The molecule has 0 radical (unpaired) electrons. The van der Waals surface area contributed by atoms with Crippen LogP contribution in [0.3, 0.4) is 0 Å². The van der Waals surface area contributed by atoms with Gasteiger partial charge in [0, 0.05) is 68.4 Å². The van der Waals surface area contributed by atoms with Gasteiger partial charge >= 0.3 is 0 Å². The van der Waals surface area contributed by atoms with Gasteiger partial charge in [-0.15, -0.1) is 0 Å². The van der Waals surface area contributed by atoms with Gasteiger partial charge in [0.05, 0.1) is 7.11 Å². The summed E-state index contributed by atoms with van der Waals surface area (Å²) < 4.78 is 5.43. The second-order valence-electron chi connectivity index (χ2n) is 9.09. The molecule has 1 aliphatic heterocycles. The first-order valence-corrected chi connectivity index (χ1v) is 13.2. The molecule has 0 atom stereocenters. The summed E-state index contributed by atoms with van der Waals surface area (Å²) in [5.41, 5.74) is 1.55. The maximum atomic E-state index is 13.3. The summed E-state index contributed by atoms with van der Waals surface area (Å²) >= 11 is 6.15. The van der Waals surface area contributed by atoms with Crippen molar-refractivity contribution < 1.29 is 14.3 Å². The minimum atomic E-state index is -0.0492. The average Bonchev–Trinajstić information content (AvgIpc) is 2.90. The molecular weight excluding hydrogens is 474 g/mol. The second kappa shape index (κ2) is 14.7. The molecule has 0 N–H and O–H groups in total. The largest absolute Gasteiger partial charge is 0.496 e. The summed E-state index contributed by atoms with van der Waals surface area (Å²) in [6.07, 6.45) is 7.83. The molecule has 0 aromatic heterocycles. The Kier molecular flexibility index (Phi) is 11.3. The highest BCUT2D eigenvalue weighted by Gasteiger charge is 2.22. The molecule has 1 fully saturated rings. The normalized spacial score (nSPS) is 14.2. The Balaban J connectivity index is 1.59. The monoisotopic (exact) mass is 511 g/mol. The lowest BCUT2D eigenvalue weighted by molar-refractivity contribution is -0.133. The molecule has 36 heavy (non-hydrogen) atoms.